The van der Waals surface area contributed by atoms with E-state index in [0.717, 1.165) is 29.7 Å². The summed E-state index contributed by atoms with van der Waals surface area (Å²) in [6, 6.07) is 9.08. The van der Waals surface area contributed by atoms with E-state index in [4.69, 9.17) is 0 Å². The lowest BCUT2D eigenvalue weighted by atomic mass is 10.2. The summed E-state index contributed by atoms with van der Waals surface area (Å²) < 4.78 is 28.7. The maximum atomic E-state index is 13.6. The molecule has 0 amide bonds. The van der Waals surface area contributed by atoms with Gasteiger partial charge in [-0.2, -0.15) is 0 Å². The number of nitrogens with one attached hydrogen (secondary N) is 2. The molecule has 138 valence electrons. The first-order valence-corrected chi connectivity index (χ1v) is 7.84. The minimum absolute atomic E-state index is 0. The van der Waals surface area contributed by atoms with E-state index < -0.39 is 11.6 Å². The molecule has 0 bridgehead atoms. The third-order valence-electron chi connectivity index (χ3n) is 3.70. The van der Waals surface area contributed by atoms with E-state index in [1.807, 2.05) is 28.8 Å². The predicted molar refractivity (Wildman–Crippen MR) is 107 cm³/mol. The molecule has 2 heterocycles. The van der Waals surface area contributed by atoms with Crippen molar-refractivity contribution in [3.8, 4) is 0 Å². The van der Waals surface area contributed by atoms with Crippen molar-refractivity contribution >= 4 is 35.6 Å². The van der Waals surface area contributed by atoms with Gasteiger partial charge in [-0.25, -0.2) is 8.78 Å². The average Bonchev–Trinajstić information content (AvgIpc) is 3.04. The van der Waals surface area contributed by atoms with Crippen LogP contribution < -0.4 is 10.6 Å². The van der Waals surface area contributed by atoms with Gasteiger partial charge in [0.15, 0.2) is 11.6 Å². The first-order chi connectivity index (χ1) is 12.2. The van der Waals surface area contributed by atoms with Gasteiger partial charge in [0.1, 0.15) is 17.5 Å². The zero-order valence-corrected chi connectivity index (χ0v) is 16.4. The third kappa shape index (κ3) is 4.87. The molecule has 26 heavy (non-hydrogen) atoms. The molecule has 3 rings (SSSR count). The van der Waals surface area contributed by atoms with E-state index in [1.54, 1.807) is 7.05 Å². The number of nitrogens with zero attached hydrogens (tertiary/aromatic N) is 4. The Balaban J connectivity index is 0.00000243. The van der Waals surface area contributed by atoms with Crippen LogP contribution in [0.25, 0.3) is 5.65 Å². The van der Waals surface area contributed by atoms with Crippen molar-refractivity contribution in [2.45, 2.75) is 13.0 Å². The number of rotatable bonds is 5. The number of hydrogen-bond acceptors (Lipinski definition) is 3. The summed E-state index contributed by atoms with van der Waals surface area (Å²) in [6.45, 7) is 0.706. The minimum Gasteiger partial charge on any atom is -0.356 e. The molecule has 0 spiro atoms. The molecule has 2 N–H and O–H groups in total. The lowest BCUT2D eigenvalue weighted by molar-refractivity contribution is 0.581. The van der Waals surface area contributed by atoms with Crippen LogP contribution in [0.3, 0.4) is 0 Å². The lowest BCUT2D eigenvalue weighted by Crippen LogP contribution is -2.38. The molecule has 9 heteroatoms. The van der Waals surface area contributed by atoms with Gasteiger partial charge in [-0.15, -0.1) is 34.2 Å². The highest BCUT2D eigenvalue weighted by molar-refractivity contribution is 14.0. The van der Waals surface area contributed by atoms with E-state index in [2.05, 4.69) is 25.8 Å². The quantitative estimate of drug-likeness (QED) is 0.341. The number of halogens is 3. The number of pyridine rings is 1. The van der Waals surface area contributed by atoms with Gasteiger partial charge in [0.2, 0.25) is 0 Å². The second-order valence-electron chi connectivity index (χ2n) is 5.38. The van der Waals surface area contributed by atoms with Gasteiger partial charge in [-0.3, -0.25) is 9.39 Å². The molecule has 0 aliphatic heterocycles. The molecule has 3 aromatic rings. The first-order valence-electron chi connectivity index (χ1n) is 7.84. The Labute approximate surface area is 166 Å². The van der Waals surface area contributed by atoms with Crippen LogP contribution in [0, 0.1) is 11.6 Å². The maximum Gasteiger partial charge on any atom is 0.191 e. The van der Waals surface area contributed by atoms with Crippen LogP contribution in [0.2, 0.25) is 0 Å². The average molecular weight is 472 g/mol. The first kappa shape index (κ1) is 20.0. The summed E-state index contributed by atoms with van der Waals surface area (Å²) in [5.74, 6) is 0.395. The number of fused-ring (bicyclic) bond motifs is 1. The second kappa shape index (κ2) is 9.41. The summed E-state index contributed by atoms with van der Waals surface area (Å²) in [5, 5.41) is 14.3. The molecule has 0 radical (unpaired) electrons. The molecule has 0 aliphatic rings. The number of aromatic nitrogens is 3. The lowest BCUT2D eigenvalue weighted by Gasteiger charge is -2.12. The molecule has 6 nitrogen and oxygen atoms in total. The zero-order valence-electron chi connectivity index (χ0n) is 14.1. The fourth-order valence-corrected chi connectivity index (χ4v) is 2.43. The van der Waals surface area contributed by atoms with Crippen molar-refractivity contribution in [1.29, 1.82) is 0 Å². The van der Waals surface area contributed by atoms with Crippen molar-refractivity contribution in [2.75, 3.05) is 13.6 Å². The molecule has 0 saturated heterocycles. The smallest absolute Gasteiger partial charge is 0.191 e. The molecule has 1 aromatic carbocycles. The van der Waals surface area contributed by atoms with E-state index in [9.17, 15) is 8.78 Å². The van der Waals surface area contributed by atoms with Gasteiger partial charge in [-0.05, 0) is 30.3 Å². The van der Waals surface area contributed by atoms with Gasteiger partial charge in [0.05, 0.1) is 0 Å². The fourth-order valence-electron chi connectivity index (χ4n) is 2.43. The number of guanidine groups is 1. The normalized spacial score (nSPS) is 11.3. The molecule has 0 unspecified atom stereocenters. The maximum absolute atomic E-state index is 13.6. The van der Waals surface area contributed by atoms with Crippen molar-refractivity contribution in [2.24, 2.45) is 4.99 Å². The van der Waals surface area contributed by atoms with Gasteiger partial charge in [-0.1, -0.05) is 6.07 Å². The van der Waals surface area contributed by atoms with Crippen LogP contribution >= 0.6 is 24.0 Å². The number of hydrogen-bond donors (Lipinski definition) is 2. The van der Waals surface area contributed by atoms with Crippen LogP contribution in [-0.2, 0) is 13.0 Å². The van der Waals surface area contributed by atoms with E-state index in [1.165, 1.54) is 0 Å². The van der Waals surface area contributed by atoms with Crippen LogP contribution in [0.4, 0.5) is 8.78 Å². The predicted octanol–water partition coefficient (Wildman–Crippen LogP) is 2.53. The highest BCUT2D eigenvalue weighted by Gasteiger charge is 2.07. The molecule has 0 saturated carbocycles. The molecule has 0 aliphatic carbocycles. The minimum atomic E-state index is -0.472. The topological polar surface area (TPSA) is 66.6 Å². The van der Waals surface area contributed by atoms with Crippen LogP contribution in [0.1, 0.15) is 11.4 Å². The zero-order chi connectivity index (χ0) is 17.6. The Kier molecular flexibility index (Phi) is 7.25. The Hall–Kier alpha value is -2.30. The van der Waals surface area contributed by atoms with Crippen molar-refractivity contribution in [1.82, 2.24) is 25.2 Å². The Morgan fingerprint density at radius 2 is 2.00 bits per heavy atom. The number of aliphatic imine (C=N–C) groups is 1. The van der Waals surface area contributed by atoms with Gasteiger partial charge >= 0.3 is 0 Å². The molecule has 0 fully saturated rings. The van der Waals surface area contributed by atoms with Crippen LogP contribution in [0.5, 0.6) is 0 Å². The Morgan fingerprint density at radius 1 is 1.15 bits per heavy atom. The molecular formula is C17H19F2IN6. The van der Waals surface area contributed by atoms with E-state index >= 15 is 0 Å². The van der Waals surface area contributed by atoms with Crippen molar-refractivity contribution < 1.29 is 8.78 Å². The second-order valence-corrected chi connectivity index (χ2v) is 5.38. The van der Waals surface area contributed by atoms with E-state index in [-0.39, 0.29) is 36.1 Å². The molecule has 2 aromatic heterocycles. The Bertz CT molecular complexity index is 896. The summed E-state index contributed by atoms with van der Waals surface area (Å²) in [7, 11) is 1.61. The monoisotopic (exact) mass is 472 g/mol. The van der Waals surface area contributed by atoms with Gasteiger partial charge < -0.3 is 10.6 Å². The molecule has 0 atom stereocenters. The van der Waals surface area contributed by atoms with Crippen LogP contribution in [0.15, 0.2) is 47.6 Å². The standard InChI is InChI=1S/C17H18F2N6.HI/c1-20-17(22-11-12-10-13(18)5-6-14(12)19)21-8-7-16-24-23-15-4-2-3-9-25(15)16;/h2-6,9-10H,7-8,11H2,1H3,(H2,20,21,22);1H. The van der Waals surface area contributed by atoms with Crippen LogP contribution in [-0.4, -0.2) is 34.2 Å². The fraction of sp³-hybridized carbons (Fsp3) is 0.235. The summed E-state index contributed by atoms with van der Waals surface area (Å²) in [6.07, 6.45) is 2.55. The summed E-state index contributed by atoms with van der Waals surface area (Å²) in [5.41, 5.74) is 1.04. The van der Waals surface area contributed by atoms with Gasteiger partial charge in [0, 0.05) is 38.3 Å². The van der Waals surface area contributed by atoms with Crippen molar-refractivity contribution in [3.63, 3.8) is 0 Å². The SMILES string of the molecule is CN=C(NCCc1nnc2ccccn12)NCc1cc(F)ccc1F.I. The highest BCUT2D eigenvalue weighted by Crippen LogP contribution is 2.09. The summed E-state index contributed by atoms with van der Waals surface area (Å²) in [4.78, 5) is 4.07. The van der Waals surface area contributed by atoms with Crippen molar-refractivity contribution in [3.05, 3.63) is 65.6 Å². The Morgan fingerprint density at radius 3 is 2.81 bits per heavy atom. The summed E-state index contributed by atoms with van der Waals surface area (Å²) >= 11 is 0. The molecular weight excluding hydrogens is 453 g/mol. The number of benzene rings is 1. The third-order valence-corrected chi connectivity index (χ3v) is 3.70. The largest absolute Gasteiger partial charge is 0.356 e. The highest BCUT2D eigenvalue weighted by atomic mass is 127. The van der Waals surface area contributed by atoms with Gasteiger partial charge in [0.25, 0.3) is 0 Å². The van der Waals surface area contributed by atoms with E-state index in [0.29, 0.717) is 18.9 Å².